The summed E-state index contributed by atoms with van der Waals surface area (Å²) in [5.74, 6) is 0.253. The molecule has 3 N–H and O–H groups in total. The maximum atomic E-state index is 12.7. The van der Waals surface area contributed by atoms with Crippen molar-refractivity contribution in [3.63, 3.8) is 0 Å². The third kappa shape index (κ3) is 5.45. The number of ether oxygens (including phenoxy) is 2. The van der Waals surface area contributed by atoms with Gasteiger partial charge in [-0.15, -0.1) is 0 Å². The van der Waals surface area contributed by atoms with Crippen LogP contribution in [0.15, 0.2) is 53.2 Å². The Hall–Kier alpha value is -3.46. The number of nitrogens with two attached hydrogens (primary N) is 1. The highest BCUT2D eigenvalue weighted by Crippen LogP contribution is 2.37. The molecule has 8 heteroatoms. The van der Waals surface area contributed by atoms with Gasteiger partial charge < -0.3 is 20.5 Å². The molecule has 1 fully saturated rings. The van der Waals surface area contributed by atoms with E-state index in [9.17, 15) is 9.59 Å². The van der Waals surface area contributed by atoms with Gasteiger partial charge >= 0.3 is 0 Å². The predicted molar refractivity (Wildman–Crippen MR) is 138 cm³/mol. The molecule has 180 valence electrons. The zero-order valence-electron chi connectivity index (χ0n) is 19.3. The molecule has 3 heterocycles. The van der Waals surface area contributed by atoms with E-state index < -0.39 is 5.91 Å². The molecule has 0 aliphatic carbocycles. The number of carbonyl (C=O) groups is 2. The molecule has 7 nitrogen and oxygen atoms in total. The van der Waals surface area contributed by atoms with Crippen molar-refractivity contribution < 1.29 is 19.1 Å². The quantitative estimate of drug-likeness (QED) is 0.471. The van der Waals surface area contributed by atoms with Gasteiger partial charge in [0.25, 0.3) is 5.91 Å². The molecule has 1 saturated heterocycles. The number of hydrogen-bond acceptors (Lipinski definition) is 6. The molecule has 3 aromatic rings. The average Bonchev–Trinajstić information content (AvgIpc) is 3.48. The van der Waals surface area contributed by atoms with Gasteiger partial charge in [0.1, 0.15) is 12.4 Å². The molecule has 5 rings (SSSR count). The first-order valence-electron chi connectivity index (χ1n) is 11.6. The number of nitrogens with one attached hydrogen (secondary N) is 1. The fraction of sp³-hybridized carbons (Fsp3) is 0.259. The molecule has 0 bridgehead atoms. The fourth-order valence-corrected chi connectivity index (χ4v) is 5.03. The van der Waals surface area contributed by atoms with E-state index in [0.29, 0.717) is 17.9 Å². The van der Waals surface area contributed by atoms with Crippen LogP contribution in [-0.4, -0.2) is 56.2 Å². The molecule has 1 aromatic heterocycles. The molecule has 0 unspecified atom stereocenters. The number of carbonyl (C=O) groups excluding carboxylic acids is 2. The van der Waals surface area contributed by atoms with E-state index in [1.54, 1.807) is 17.4 Å². The van der Waals surface area contributed by atoms with Crippen LogP contribution < -0.4 is 15.8 Å². The fourth-order valence-electron chi connectivity index (χ4n) is 4.38. The summed E-state index contributed by atoms with van der Waals surface area (Å²) in [6.45, 7) is 4.86. The SMILES string of the molecule is NC(=O)Cc1ccc2c(c1)NC(=O)C2=Cc1ccc(OCCN2CCOCC2)c(-c2ccsc2)c1. The number of nitrogens with zero attached hydrogens (tertiary/aromatic N) is 1. The Morgan fingerprint density at radius 1 is 1.14 bits per heavy atom. The first-order valence-corrected chi connectivity index (χ1v) is 12.6. The second-order valence-electron chi connectivity index (χ2n) is 8.61. The molecular weight excluding hydrogens is 462 g/mol. The van der Waals surface area contributed by atoms with Gasteiger partial charge in [0, 0.05) is 42.0 Å². The van der Waals surface area contributed by atoms with E-state index in [4.69, 9.17) is 15.2 Å². The lowest BCUT2D eigenvalue weighted by Gasteiger charge is -2.26. The first-order chi connectivity index (χ1) is 17.1. The largest absolute Gasteiger partial charge is 0.492 e. The Bertz CT molecular complexity index is 1260. The molecule has 2 aliphatic rings. The van der Waals surface area contributed by atoms with Crippen LogP contribution in [0, 0.1) is 0 Å². The highest BCUT2D eigenvalue weighted by Gasteiger charge is 2.24. The van der Waals surface area contributed by atoms with Gasteiger partial charge in [-0.05, 0) is 57.8 Å². The number of thiophene rings is 1. The van der Waals surface area contributed by atoms with Gasteiger partial charge in [0.2, 0.25) is 5.91 Å². The van der Waals surface area contributed by atoms with E-state index in [1.165, 1.54) is 0 Å². The van der Waals surface area contributed by atoms with E-state index in [0.717, 1.165) is 66.4 Å². The number of anilines is 1. The zero-order valence-corrected chi connectivity index (χ0v) is 20.1. The maximum absolute atomic E-state index is 12.7. The lowest BCUT2D eigenvalue weighted by atomic mass is 9.99. The van der Waals surface area contributed by atoms with Crippen LogP contribution in [0.3, 0.4) is 0 Å². The minimum atomic E-state index is -0.404. The second-order valence-corrected chi connectivity index (χ2v) is 9.39. The normalized spacial score (nSPS) is 16.8. The van der Waals surface area contributed by atoms with E-state index in [-0.39, 0.29) is 12.3 Å². The third-order valence-electron chi connectivity index (χ3n) is 6.16. The van der Waals surface area contributed by atoms with Crippen LogP contribution in [0.1, 0.15) is 16.7 Å². The number of morpholine rings is 1. The summed E-state index contributed by atoms with van der Waals surface area (Å²) in [6.07, 6.45) is 2.03. The van der Waals surface area contributed by atoms with Crippen molar-refractivity contribution in [2.45, 2.75) is 6.42 Å². The van der Waals surface area contributed by atoms with Crippen molar-refractivity contribution in [3.05, 3.63) is 69.9 Å². The lowest BCUT2D eigenvalue weighted by Crippen LogP contribution is -2.38. The van der Waals surface area contributed by atoms with Gasteiger partial charge in [-0.25, -0.2) is 0 Å². The summed E-state index contributed by atoms with van der Waals surface area (Å²) in [6, 6.07) is 13.6. The van der Waals surface area contributed by atoms with E-state index in [2.05, 4.69) is 27.7 Å². The number of amides is 2. The van der Waals surface area contributed by atoms with Crippen molar-refractivity contribution in [1.82, 2.24) is 4.90 Å². The molecular formula is C27H27N3O4S. The first kappa shape index (κ1) is 23.3. The van der Waals surface area contributed by atoms with Gasteiger partial charge in [-0.1, -0.05) is 18.2 Å². The summed E-state index contributed by atoms with van der Waals surface area (Å²) in [5, 5.41) is 7.04. The predicted octanol–water partition coefficient (Wildman–Crippen LogP) is 3.65. The minimum absolute atomic E-state index is 0.138. The van der Waals surface area contributed by atoms with Crippen LogP contribution in [0.5, 0.6) is 5.75 Å². The summed E-state index contributed by atoms with van der Waals surface area (Å²) in [4.78, 5) is 26.3. The van der Waals surface area contributed by atoms with Crippen molar-refractivity contribution in [2.75, 3.05) is 44.8 Å². The molecule has 2 aliphatic heterocycles. The Kier molecular flexibility index (Phi) is 6.94. The Labute approximate surface area is 208 Å². The number of hydrogen-bond donors (Lipinski definition) is 2. The zero-order chi connectivity index (χ0) is 24.2. The molecule has 0 saturated carbocycles. The summed E-state index contributed by atoms with van der Waals surface area (Å²) in [5.41, 5.74) is 11.2. The Morgan fingerprint density at radius 3 is 2.77 bits per heavy atom. The van der Waals surface area contributed by atoms with Gasteiger partial charge in [-0.2, -0.15) is 11.3 Å². The molecule has 0 atom stereocenters. The molecule has 2 amide bonds. The smallest absolute Gasteiger partial charge is 0.256 e. The number of benzene rings is 2. The second kappa shape index (κ2) is 10.4. The molecule has 0 spiro atoms. The highest BCUT2D eigenvalue weighted by molar-refractivity contribution is 7.08. The topological polar surface area (TPSA) is 93.9 Å². The number of rotatable bonds is 8. The molecule has 35 heavy (non-hydrogen) atoms. The summed E-state index contributed by atoms with van der Waals surface area (Å²) < 4.78 is 11.6. The van der Waals surface area contributed by atoms with Crippen LogP contribution in [0.4, 0.5) is 5.69 Å². The maximum Gasteiger partial charge on any atom is 0.256 e. The van der Waals surface area contributed by atoms with Crippen molar-refractivity contribution >= 4 is 40.5 Å². The Balaban J connectivity index is 1.39. The minimum Gasteiger partial charge on any atom is -0.492 e. The number of primary amides is 1. The monoisotopic (exact) mass is 489 g/mol. The molecule has 2 aromatic carbocycles. The van der Waals surface area contributed by atoms with Crippen LogP contribution in [0.25, 0.3) is 22.8 Å². The number of fused-ring (bicyclic) bond motifs is 1. The van der Waals surface area contributed by atoms with Gasteiger partial charge in [0.05, 0.1) is 19.6 Å². The van der Waals surface area contributed by atoms with Gasteiger partial charge in [-0.3, -0.25) is 14.5 Å². The average molecular weight is 490 g/mol. The van der Waals surface area contributed by atoms with Crippen molar-refractivity contribution in [1.29, 1.82) is 0 Å². The van der Waals surface area contributed by atoms with E-state index >= 15 is 0 Å². The third-order valence-corrected chi connectivity index (χ3v) is 6.84. The van der Waals surface area contributed by atoms with Crippen LogP contribution in [-0.2, 0) is 20.7 Å². The van der Waals surface area contributed by atoms with Crippen molar-refractivity contribution in [2.24, 2.45) is 5.73 Å². The van der Waals surface area contributed by atoms with Crippen LogP contribution in [0.2, 0.25) is 0 Å². The Morgan fingerprint density at radius 2 is 2.00 bits per heavy atom. The summed E-state index contributed by atoms with van der Waals surface area (Å²) in [7, 11) is 0. The molecule has 0 radical (unpaired) electrons. The lowest BCUT2D eigenvalue weighted by molar-refractivity contribution is -0.117. The summed E-state index contributed by atoms with van der Waals surface area (Å²) >= 11 is 1.63. The van der Waals surface area contributed by atoms with Gasteiger partial charge in [0.15, 0.2) is 0 Å². The van der Waals surface area contributed by atoms with Crippen LogP contribution >= 0.6 is 11.3 Å². The van der Waals surface area contributed by atoms with Crippen molar-refractivity contribution in [3.8, 4) is 16.9 Å². The highest BCUT2D eigenvalue weighted by atomic mass is 32.1. The standard InChI is InChI=1S/C27H27N3O4S/c28-26(31)16-19-1-3-21-23(27(32)29-24(21)15-19)14-18-2-4-25(22(13-18)20-5-12-35-17-20)34-11-8-30-6-9-33-10-7-30/h1-5,12-15,17H,6-11,16H2,(H2,28,31)(H,29,32). The van der Waals surface area contributed by atoms with E-state index in [1.807, 2.05) is 35.7 Å².